The summed E-state index contributed by atoms with van der Waals surface area (Å²) in [4.78, 5) is 6.57. The average Bonchev–Trinajstić information content (AvgIpc) is 3.26. The molecule has 4 atom stereocenters. The van der Waals surface area contributed by atoms with Crippen LogP contribution in [0.4, 0.5) is 5.88 Å². The second-order valence-corrected chi connectivity index (χ2v) is 6.84. The number of nitriles is 1. The van der Waals surface area contributed by atoms with Crippen LogP contribution in [0.1, 0.15) is 49.3 Å². The SMILES string of the molecule is C[C@@H]1CN(c2oc([C@@H]3C[C@@H]3c3ccccc3)nc2C#N)C[C@H](C)O1. The Kier molecular flexibility index (Phi) is 3.78. The molecule has 1 aliphatic carbocycles. The molecule has 0 amide bonds. The second-order valence-electron chi connectivity index (χ2n) is 6.84. The van der Waals surface area contributed by atoms with Crippen molar-refractivity contribution in [2.75, 3.05) is 18.0 Å². The van der Waals surface area contributed by atoms with Gasteiger partial charge in [-0.05, 0) is 31.7 Å². The minimum Gasteiger partial charge on any atom is -0.423 e. The molecule has 2 aliphatic rings. The van der Waals surface area contributed by atoms with Crippen molar-refractivity contribution < 1.29 is 9.15 Å². The first-order valence-corrected chi connectivity index (χ1v) is 8.52. The van der Waals surface area contributed by atoms with Gasteiger partial charge in [0.1, 0.15) is 6.07 Å². The lowest BCUT2D eigenvalue weighted by molar-refractivity contribution is -0.00647. The number of ether oxygens (including phenoxy) is 1. The molecule has 0 N–H and O–H groups in total. The Morgan fingerprint density at radius 1 is 1.12 bits per heavy atom. The molecule has 2 aromatic rings. The summed E-state index contributed by atoms with van der Waals surface area (Å²) < 4.78 is 11.8. The van der Waals surface area contributed by atoms with E-state index in [0.717, 1.165) is 19.5 Å². The van der Waals surface area contributed by atoms with Gasteiger partial charge in [-0.1, -0.05) is 30.3 Å². The zero-order valence-corrected chi connectivity index (χ0v) is 14.0. The minimum atomic E-state index is 0.117. The van der Waals surface area contributed by atoms with Crippen LogP contribution < -0.4 is 4.90 Å². The largest absolute Gasteiger partial charge is 0.423 e. The van der Waals surface area contributed by atoms with Crippen LogP contribution in [-0.2, 0) is 4.74 Å². The maximum absolute atomic E-state index is 9.45. The molecular weight excluding hydrogens is 302 g/mol. The van der Waals surface area contributed by atoms with E-state index in [9.17, 15) is 5.26 Å². The standard InChI is InChI=1S/C19H21N3O2/c1-12-10-22(11-13(2)23-12)19-17(9-20)21-18(24-19)16-8-15(16)14-6-4-3-5-7-14/h3-7,12-13,15-16H,8,10-11H2,1-2H3/t12-,13+,15-,16-/m1/s1. The molecule has 0 spiro atoms. The normalized spacial score (nSPS) is 29.3. The molecule has 1 saturated heterocycles. The van der Waals surface area contributed by atoms with Crippen LogP contribution in [0.2, 0.25) is 0 Å². The fourth-order valence-corrected chi connectivity index (χ4v) is 3.65. The monoisotopic (exact) mass is 323 g/mol. The van der Waals surface area contributed by atoms with E-state index < -0.39 is 0 Å². The Labute approximate surface area is 141 Å². The van der Waals surface area contributed by atoms with Gasteiger partial charge in [-0.25, -0.2) is 4.98 Å². The third-order valence-electron chi connectivity index (χ3n) is 4.77. The fourth-order valence-electron chi connectivity index (χ4n) is 3.65. The van der Waals surface area contributed by atoms with Gasteiger partial charge >= 0.3 is 0 Å². The Morgan fingerprint density at radius 3 is 2.50 bits per heavy atom. The van der Waals surface area contributed by atoms with E-state index in [-0.39, 0.29) is 18.1 Å². The summed E-state index contributed by atoms with van der Waals surface area (Å²) in [5.74, 6) is 2.03. The lowest BCUT2D eigenvalue weighted by Crippen LogP contribution is -2.45. The number of hydrogen-bond donors (Lipinski definition) is 0. The molecule has 4 rings (SSSR count). The summed E-state index contributed by atoms with van der Waals surface area (Å²) in [6.07, 6.45) is 1.27. The van der Waals surface area contributed by atoms with Crippen LogP contribution in [0.3, 0.4) is 0 Å². The Balaban J connectivity index is 1.57. The zero-order valence-electron chi connectivity index (χ0n) is 14.0. The number of morpholine rings is 1. The molecule has 0 radical (unpaired) electrons. The number of anilines is 1. The van der Waals surface area contributed by atoms with Crippen molar-refractivity contribution in [3.05, 3.63) is 47.5 Å². The van der Waals surface area contributed by atoms with Crippen molar-refractivity contribution in [3.63, 3.8) is 0 Å². The van der Waals surface area contributed by atoms with Crippen molar-refractivity contribution in [3.8, 4) is 6.07 Å². The van der Waals surface area contributed by atoms with Crippen LogP contribution in [0.15, 0.2) is 34.7 Å². The topological polar surface area (TPSA) is 62.3 Å². The van der Waals surface area contributed by atoms with Crippen LogP contribution in [-0.4, -0.2) is 30.3 Å². The molecule has 5 nitrogen and oxygen atoms in total. The highest BCUT2D eigenvalue weighted by molar-refractivity contribution is 5.49. The quantitative estimate of drug-likeness (QED) is 0.866. The van der Waals surface area contributed by atoms with Crippen LogP contribution in [0, 0.1) is 11.3 Å². The van der Waals surface area contributed by atoms with Gasteiger partial charge in [0.25, 0.3) is 0 Å². The molecule has 2 fully saturated rings. The molecule has 0 bridgehead atoms. The number of oxazole rings is 1. The lowest BCUT2D eigenvalue weighted by atomic mass is 10.1. The first kappa shape index (κ1) is 15.2. The van der Waals surface area contributed by atoms with E-state index in [1.807, 2.05) is 19.9 Å². The molecule has 24 heavy (non-hydrogen) atoms. The van der Waals surface area contributed by atoms with Gasteiger partial charge in [-0.3, -0.25) is 0 Å². The van der Waals surface area contributed by atoms with Crippen molar-refractivity contribution >= 4 is 5.88 Å². The first-order chi connectivity index (χ1) is 11.7. The van der Waals surface area contributed by atoms with E-state index >= 15 is 0 Å². The third-order valence-corrected chi connectivity index (χ3v) is 4.77. The highest BCUT2D eigenvalue weighted by Crippen LogP contribution is 2.54. The van der Waals surface area contributed by atoms with Gasteiger partial charge in [0.15, 0.2) is 0 Å². The molecule has 1 aromatic carbocycles. The van der Waals surface area contributed by atoms with Crippen molar-refractivity contribution in [2.45, 2.75) is 44.3 Å². The molecule has 124 valence electrons. The molecule has 0 unspecified atom stereocenters. The molecule has 1 aromatic heterocycles. The van der Waals surface area contributed by atoms with Gasteiger partial charge in [0, 0.05) is 19.0 Å². The summed E-state index contributed by atoms with van der Waals surface area (Å²) in [5.41, 5.74) is 1.71. The lowest BCUT2D eigenvalue weighted by Gasteiger charge is -2.34. The van der Waals surface area contributed by atoms with Gasteiger partial charge in [0.05, 0.1) is 12.2 Å². The number of rotatable bonds is 3. The van der Waals surface area contributed by atoms with E-state index in [1.54, 1.807) is 0 Å². The fraction of sp³-hybridized carbons (Fsp3) is 0.474. The predicted octanol–water partition coefficient (Wildman–Crippen LogP) is 3.43. The first-order valence-electron chi connectivity index (χ1n) is 8.52. The average molecular weight is 323 g/mol. The van der Waals surface area contributed by atoms with Gasteiger partial charge in [-0.2, -0.15) is 5.26 Å². The highest BCUT2D eigenvalue weighted by atomic mass is 16.5. The Morgan fingerprint density at radius 2 is 1.83 bits per heavy atom. The molecule has 1 saturated carbocycles. The summed E-state index contributed by atoms with van der Waals surface area (Å²) in [6, 6.07) is 12.6. The highest BCUT2D eigenvalue weighted by Gasteiger charge is 2.44. The second kappa shape index (κ2) is 5.95. The van der Waals surface area contributed by atoms with E-state index in [4.69, 9.17) is 9.15 Å². The summed E-state index contributed by atoms with van der Waals surface area (Å²) >= 11 is 0. The van der Waals surface area contributed by atoms with Gasteiger partial charge in [0.2, 0.25) is 17.5 Å². The van der Waals surface area contributed by atoms with Crippen molar-refractivity contribution in [1.82, 2.24) is 4.98 Å². The predicted molar refractivity (Wildman–Crippen MR) is 90.0 cm³/mol. The van der Waals surface area contributed by atoms with Crippen LogP contribution >= 0.6 is 0 Å². The molecule has 5 heteroatoms. The Hall–Kier alpha value is -2.32. The number of benzene rings is 1. The van der Waals surface area contributed by atoms with E-state index in [1.165, 1.54) is 5.56 Å². The van der Waals surface area contributed by atoms with E-state index in [0.29, 0.717) is 23.4 Å². The third kappa shape index (κ3) is 2.78. The summed E-state index contributed by atoms with van der Waals surface area (Å²) in [5, 5.41) is 9.45. The minimum absolute atomic E-state index is 0.117. The van der Waals surface area contributed by atoms with Gasteiger partial charge < -0.3 is 14.1 Å². The van der Waals surface area contributed by atoms with Gasteiger partial charge in [-0.15, -0.1) is 0 Å². The van der Waals surface area contributed by atoms with Crippen LogP contribution in [0.5, 0.6) is 0 Å². The molecule has 1 aliphatic heterocycles. The maximum atomic E-state index is 9.45. The summed E-state index contributed by atoms with van der Waals surface area (Å²) in [6.45, 7) is 5.53. The smallest absolute Gasteiger partial charge is 0.234 e. The van der Waals surface area contributed by atoms with Crippen molar-refractivity contribution in [2.24, 2.45) is 0 Å². The van der Waals surface area contributed by atoms with Crippen LogP contribution in [0.25, 0.3) is 0 Å². The van der Waals surface area contributed by atoms with Crippen molar-refractivity contribution in [1.29, 1.82) is 5.26 Å². The molecular formula is C19H21N3O2. The number of aromatic nitrogens is 1. The Bertz CT molecular complexity index is 755. The zero-order chi connectivity index (χ0) is 16.7. The maximum Gasteiger partial charge on any atom is 0.234 e. The van der Waals surface area contributed by atoms with E-state index in [2.05, 4.69) is 40.2 Å². The molecule has 2 heterocycles. The number of hydrogen-bond acceptors (Lipinski definition) is 5. The number of nitrogens with zero attached hydrogens (tertiary/aromatic N) is 3. The summed E-state index contributed by atoms with van der Waals surface area (Å²) in [7, 11) is 0.